The van der Waals surface area contributed by atoms with Crippen LogP contribution in [0.5, 0.6) is 0 Å². The van der Waals surface area contributed by atoms with Crippen molar-refractivity contribution in [1.82, 2.24) is 10.2 Å². The molecular formula is C18H21N3O5. The number of hydrogen-bond donors (Lipinski definition) is 1. The summed E-state index contributed by atoms with van der Waals surface area (Å²) in [7, 11) is 0. The van der Waals surface area contributed by atoms with Gasteiger partial charge in [-0.25, -0.2) is 0 Å². The van der Waals surface area contributed by atoms with Crippen LogP contribution in [0.2, 0.25) is 0 Å². The second-order valence-corrected chi connectivity index (χ2v) is 6.04. The molecule has 0 aliphatic carbocycles. The van der Waals surface area contributed by atoms with Crippen LogP contribution in [0.1, 0.15) is 22.2 Å². The first-order chi connectivity index (χ1) is 12.6. The molecule has 3 rings (SSSR count). The number of rotatable bonds is 8. The third-order valence-electron chi connectivity index (χ3n) is 4.36. The first-order valence-electron chi connectivity index (χ1n) is 8.49. The number of nitro groups is 1. The molecule has 1 aliphatic heterocycles. The molecule has 1 atom stereocenters. The van der Waals surface area contributed by atoms with Gasteiger partial charge in [-0.1, -0.05) is 12.1 Å². The molecule has 0 spiro atoms. The monoisotopic (exact) mass is 359 g/mol. The molecule has 138 valence electrons. The summed E-state index contributed by atoms with van der Waals surface area (Å²) in [5, 5.41) is 14.0. The standard InChI is InChI=1S/C18H21N3O5/c22-17(14-3-1-4-15(11-14)21(23)24)13-19-12-16(18-5-2-8-26-18)20-6-9-25-10-7-20/h1-5,8,11,16,19H,6-7,9-10,12-13H2. The summed E-state index contributed by atoms with van der Waals surface area (Å²) in [6.07, 6.45) is 1.64. The Morgan fingerprint density at radius 2 is 2.08 bits per heavy atom. The summed E-state index contributed by atoms with van der Waals surface area (Å²) in [5.74, 6) is 0.649. The highest BCUT2D eigenvalue weighted by Gasteiger charge is 2.24. The van der Waals surface area contributed by atoms with Crippen molar-refractivity contribution in [3.8, 4) is 0 Å². The topological polar surface area (TPSA) is 97.9 Å². The summed E-state index contributed by atoms with van der Waals surface area (Å²) < 4.78 is 10.9. The van der Waals surface area contributed by atoms with Gasteiger partial charge in [0.2, 0.25) is 0 Å². The lowest BCUT2D eigenvalue weighted by Gasteiger charge is -2.33. The predicted octanol–water partition coefficient (Wildman–Crippen LogP) is 2.03. The van der Waals surface area contributed by atoms with Gasteiger partial charge in [-0.05, 0) is 12.1 Å². The molecule has 2 heterocycles. The number of morpholine rings is 1. The van der Waals surface area contributed by atoms with Gasteiger partial charge in [0, 0.05) is 37.3 Å². The van der Waals surface area contributed by atoms with Crippen LogP contribution in [-0.4, -0.2) is 55.0 Å². The molecule has 0 amide bonds. The maximum atomic E-state index is 12.3. The van der Waals surface area contributed by atoms with Crippen LogP contribution in [0.3, 0.4) is 0 Å². The van der Waals surface area contributed by atoms with Crippen LogP contribution in [0.15, 0.2) is 47.1 Å². The maximum Gasteiger partial charge on any atom is 0.270 e. The fraction of sp³-hybridized carbons (Fsp3) is 0.389. The highest BCUT2D eigenvalue weighted by molar-refractivity contribution is 5.98. The molecular weight excluding hydrogens is 338 g/mol. The molecule has 1 aromatic heterocycles. The number of furan rings is 1. The van der Waals surface area contributed by atoms with E-state index >= 15 is 0 Å². The second kappa shape index (κ2) is 8.70. The molecule has 8 heteroatoms. The van der Waals surface area contributed by atoms with E-state index in [1.807, 2.05) is 12.1 Å². The number of benzene rings is 1. The van der Waals surface area contributed by atoms with Gasteiger partial charge in [0.15, 0.2) is 5.78 Å². The van der Waals surface area contributed by atoms with Crippen molar-refractivity contribution in [3.05, 3.63) is 64.1 Å². The smallest absolute Gasteiger partial charge is 0.270 e. The minimum atomic E-state index is -0.504. The van der Waals surface area contributed by atoms with E-state index < -0.39 is 4.92 Å². The molecule has 26 heavy (non-hydrogen) atoms. The van der Waals surface area contributed by atoms with Crippen LogP contribution in [0, 0.1) is 10.1 Å². The molecule has 0 saturated carbocycles. The minimum absolute atomic E-state index is 0.00631. The number of nitro benzene ring substituents is 1. The number of Topliss-reactive ketones (excluding diaryl/α,β-unsaturated/α-hetero) is 1. The van der Waals surface area contributed by atoms with Gasteiger partial charge in [-0.2, -0.15) is 0 Å². The molecule has 2 aromatic rings. The maximum absolute atomic E-state index is 12.3. The largest absolute Gasteiger partial charge is 0.468 e. The van der Waals surface area contributed by atoms with Crippen molar-refractivity contribution >= 4 is 11.5 Å². The zero-order valence-electron chi connectivity index (χ0n) is 14.3. The molecule has 1 saturated heterocycles. The van der Waals surface area contributed by atoms with Gasteiger partial charge in [0.05, 0.1) is 37.0 Å². The Morgan fingerprint density at radius 3 is 2.77 bits per heavy atom. The quantitative estimate of drug-likeness (QED) is 0.437. The molecule has 1 aromatic carbocycles. The number of carbonyl (C=O) groups excluding carboxylic acids is 1. The summed E-state index contributed by atoms with van der Waals surface area (Å²) in [4.78, 5) is 24.9. The average Bonchev–Trinajstić information content (AvgIpc) is 3.20. The highest BCUT2D eigenvalue weighted by atomic mass is 16.6. The molecule has 1 aliphatic rings. The van der Waals surface area contributed by atoms with Gasteiger partial charge in [0.25, 0.3) is 5.69 Å². The molecule has 1 N–H and O–H groups in total. The zero-order chi connectivity index (χ0) is 18.4. The third kappa shape index (κ3) is 4.54. The predicted molar refractivity (Wildman–Crippen MR) is 94.1 cm³/mol. The van der Waals surface area contributed by atoms with E-state index in [-0.39, 0.29) is 24.1 Å². The SMILES string of the molecule is O=C(CNCC(c1ccco1)N1CCOCC1)c1cccc([N+](=O)[O-])c1. The van der Waals surface area contributed by atoms with Gasteiger partial charge in [-0.15, -0.1) is 0 Å². The van der Waals surface area contributed by atoms with Crippen molar-refractivity contribution in [2.75, 3.05) is 39.4 Å². The van der Waals surface area contributed by atoms with E-state index in [1.165, 1.54) is 18.2 Å². The Hall–Kier alpha value is -2.55. The number of ketones is 1. The number of non-ortho nitro benzene ring substituents is 1. The number of nitrogens with one attached hydrogen (secondary N) is 1. The summed E-state index contributed by atoms with van der Waals surface area (Å²) in [6.45, 7) is 3.57. The molecule has 8 nitrogen and oxygen atoms in total. The van der Waals surface area contributed by atoms with E-state index in [2.05, 4.69) is 10.2 Å². The lowest BCUT2D eigenvalue weighted by atomic mass is 10.1. The van der Waals surface area contributed by atoms with E-state index in [0.717, 1.165) is 18.8 Å². The summed E-state index contributed by atoms with van der Waals surface area (Å²) in [5.41, 5.74) is 0.241. The van der Waals surface area contributed by atoms with Crippen molar-refractivity contribution in [2.24, 2.45) is 0 Å². The Bertz CT molecular complexity index is 741. The van der Waals surface area contributed by atoms with E-state index in [1.54, 1.807) is 12.3 Å². The number of nitrogens with zero attached hydrogens (tertiary/aromatic N) is 2. The van der Waals surface area contributed by atoms with Crippen LogP contribution < -0.4 is 5.32 Å². The van der Waals surface area contributed by atoms with Crippen LogP contribution in [-0.2, 0) is 4.74 Å². The Kier molecular flexibility index (Phi) is 6.11. The third-order valence-corrected chi connectivity index (χ3v) is 4.36. The van der Waals surface area contributed by atoms with Crippen molar-refractivity contribution in [2.45, 2.75) is 6.04 Å². The molecule has 0 bridgehead atoms. The highest BCUT2D eigenvalue weighted by Crippen LogP contribution is 2.21. The number of carbonyl (C=O) groups is 1. The van der Waals surface area contributed by atoms with E-state index in [0.29, 0.717) is 25.3 Å². The lowest BCUT2D eigenvalue weighted by molar-refractivity contribution is -0.384. The Morgan fingerprint density at radius 1 is 1.27 bits per heavy atom. The first kappa shape index (κ1) is 18.2. The van der Waals surface area contributed by atoms with Crippen molar-refractivity contribution < 1.29 is 18.9 Å². The molecule has 1 fully saturated rings. The average molecular weight is 359 g/mol. The van der Waals surface area contributed by atoms with Crippen LogP contribution in [0.25, 0.3) is 0 Å². The van der Waals surface area contributed by atoms with Gasteiger partial charge in [0.1, 0.15) is 5.76 Å². The second-order valence-electron chi connectivity index (χ2n) is 6.04. The first-order valence-corrected chi connectivity index (χ1v) is 8.49. The fourth-order valence-corrected chi connectivity index (χ4v) is 3.00. The van der Waals surface area contributed by atoms with Crippen molar-refractivity contribution in [3.63, 3.8) is 0 Å². The van der Waals surface area contributed by atoms with E-state index in [9.17, 15) is 14.9 Å². The zero-order valence-corrected chi connectivity index (χ0v) is 14.3. The number of hydrogen-bond acceptors (Lipinski definition) is 7. The summed E-state index contributed by atoms with van der Waals surface area (Å²) in [6, 6.07) is 9.55. The van der Waals surface area contributed by atoms with Gasteiger partial charge in [-0.3, -0.25) is 19.8 Å². The van der Waals surface area contributed by atoms with E-state index in [4.69, 9.17) is 9.15 Å². The molecule has 0 radical (unpaired) electrons. The number of ether oxygens (including phenoxy) is 1. The van der Waals surface area contributed by atoms with Crippen molar-refractivity contribution in [1.29, 1.82) is 0 Å². The Balaban J connectivity index is 1.60. The molecule has 1 unspecified atom stereocenters. The van der Waals surface area contributed by atoms with Gasteiger partial charge < -0.3 is 14.5 Å². The Labute approximate surface area is 150 Å². The lowest BCUT2D eigenvalue weighted by Crippen LogP contribution is -2.43. The van der Waals surface area contributed by atoms with Gasteiger partial charge >= 0.3 is 0 Å². The normalized spacial score (nSPS) is 16.3. The minimum Gasteiger partial charge on any atom is -0.468 e. The fourth-order valence-electron chi connectivity index (χ4n) is 3.00. The summed E-state index contributed by atoms with van der Waals surface area (Å²) >= 11 is 0. The van der Waals surface area contributed by atoms with Crippen LogP contribution >= 0.6 is 0 Å². The van der Waals surface area contributed by atoms with Crippen LogP contribution in [0.4, 0.5) is 5.69 Å².